The maximum atomic E-state index is 6.02. The van der Waals surface area contributed by atoms with Crippen LogP contribution in [0.2, 0.25) is 0 Å². The summed E-state index contributed by atoms with van der Waals surface area (Å²) in [5.74, 6) is 4.13. The molecule has 7 nitrogen and oxygen atoms in total. The Bertz CT molecular complexity index is 1700. The standard InChI is InChI=1S/C19H20N2O.C15H13N3OS/c1-4-16(20-5-2)14-9-10-17-18(12-14)22-19(21-17)15-8-6-7-13(3)11-15;1-2-6-16-12(3-1)14-18-11-5-4-10(9-13(11)19-14)15-17-7-8-20-15/h4-8,11,14H,1-2,9-10,12H2,3H3;1-3,6-8,10H,4-5,9H2. The van der Waals surface area contributed by atoms with Gasteiger partial charge in [0.1, 0.15) is 17.2 Å². The number of pyridine rings is 1. The molecule has 1 aromatic carbocycles. The van der Waals surface area contributed by atoms with Crippen LogP contribution in [-0.2, 0) is 25.7 Å². The minimum absolute atomic E-state index is 0.335. The lowest BCUT2D eigenvalue weighted by Gasteiger charge is -2.19. The fourth-order valence-corrected chi connectivity index (χ4v) is 6.36. The highest BCUT2D eigenvalue weighted by atomic mass is 32.1. The summed E-state index contributed by atoms with van der Waals surface area (Å²) in [7, 11) is 0. The smallest absolute Gasteiger partial charge is 0.245 e. The zero-order valence-electron chi connectivity index (χ0n) is 23.7. The second-order valence-electron chi connectivity index (χ2n) is 10.6. The molecule has 4 aromatic heterocycles. The molecule has 0 fully saturated rings. The molecule has 2 aliphatic carbocycles. The van der Waals surface area contributed by atoms with Gasteiger partial charge >= 0.3 is 0 Å². The molecular weight excluding hydrogens is 542 g/mol. The summed E-state index contributed by atoms with van der Waals surface area (Å²) in [6.45, 7) is 9.59. The van der Waals surface area contributed by atoms with Gasteiger partial charge in [-0.1, -0.05) is 36.9 Å². The summed E-state index contributed by atoms with van der Waals surface area (Å²) in [5, 5.41) is 3.23. The van der Waals surface area contributed by atoms with Crippen molar-refractivity contribution in [2.75, 3.05) is 0 Å². The van der Waals surface area contributed by atoms with E-state index in [0.717, 1.165) is 84.3 Å². The van der Waals surface area contributed by atoms with E-state index in [-0.39, 0.29) is 0 Å². The van der Waals surface area contributed by atoms with Crippen molar-refractivity contribution in [3.05, 3.63) is 119 Å². The summed E-state index contributed by atoms with van der Waals surface area (Å²) in [4.78, 5) is 22.3. The number of oxazole rings is 2. The summed E-state index contributed by atoms with van der Waals surface area (Å²) in [6.07, 6.45) is 12.7. The van der Waals surface area contributed by atoms with Crippen LogP contribution in [0.5, 0.6) is 0 Å². The van der Waals surface area contributed by atoms with Gasteiger partial charge in [-0.15, -0.1) is 11.3 Å². The number of benzene rings is 1. The van der Waals surface area contributed by atoms with E-state index < -0.39 is 0 Å². The Morgan fingerprint density at radius 2 is 1.74 bits per heavy atom. The van der Waals surface area contributed by atoms with Crippen molar-refractivity contribution in [1.29, 1.82) is 0 Å². The lowest BCUT2D eigenvalue weighted by atomic mass is 9.86. The van der Waals surface area contributed by atoms with E-state index in [1.54, 1.807) is 23.7 Å². The topological polar surface area (TPSA) is 90.2 Å². The molecule has 42 heavy (non-hydrogen) atoms. The van der Waals surface area contributed by atoms with Gasteiger partial charge in [0.15, 0.2) is 0 Å². The molecule has 2 unspecified atom stereocenters. The van der Waals surface area contributed by atoms with Crippen LogP contribution in [0.4, 0.5) is 0 Å². The van der Waals surface area contributed by atoms with E-state index in [1.165, 1.54) is 10.6 Å². The largest absolute Gasteiger partial charge is 0.441 e. The third-order valence-corrected chi connectivity index (χ3v) is 8.63. The first-order valence-electron chi connectivity index (χ1n) is 14.3. The van der Waals surface area contributed by atoms with Gasteiger partial charge in [-0.05, 0) is 62.9 Å². The van der Waals surface area contributed by atoms with Crippen LogP contribution in [0.25, 0.3) is 23.0 Å². The number of hydrogen-bond acceptors (Lipinski definition) is 8. The van der Waals surface area contributed by atoms with Crippen LogP contribution in [-0.4, -0.2) is 25.6 Å². The predicted octanol–water partition coefficient (Wildman–Crippen LogP) is 7.99. The van der Waals surface area contributed by atoms with Gasteiger partial charge in [0.05, 0.1) is 16.4 Å². The van der Waals surface area contributed by atoms with Crippen molar-refractivity contribution in [3.8, 4) is 23.0 Å². The highest BCUT2D eigenvalue weighted by Gasteiger charge is 2.28. The number of rotatable bonds is 6. The first-order chi connectivity index (χ1) is 20.6. The normalized spacial score (nSPS) is 17.9. The zero-order valence-corrected chi connectivity index (χ0v) is 24.5. The van der Waals surface area contributed by atoms with Crippen LogP contribution >= 0.6 is 11.3 Å². The van der Waals surface area contributed by atoms with Crippen molar-refractivity contribution in [2.24, 2.45) is 10.9 Å². The Labute approximate surface area is 249 Å². The first-order valence-corrected chi connectivity index (χ1v) is 15.1. The average Bonchev–Trinajstić information content (AvgIpc) is 3.80. The zero-order chi connectivity index (χ0) is 28.9. The summed E-state index contributed by atoms with van der Waals surface area (Å²) < 4.78 is 11.9. The summed E-state index contributed by atoms with van der Waals surface area (Å²) in [5.41, 5.74) is 6.18. The Kier molecular flexibility index (Phi) is 8.33. The lowest BCUT2D eigenvalue weighted by molar-refractivity contribution is 0.456. The molecule has 0 saturated heterocycles. The molecule has 0 spiro atoms. The maximum absolute atomic E-state index is 6.02. The minimum atomic E-state index is 0.335. The third kappa shape index (κ3) is 6.09. The van der Waals surface area contributed by atoms with Gasteiger partial charge in [0.2, 0.25) is 11.8 Å². The second-order valence-corrected chi connectivity index (χ2v) is 11.5. The molecular formula is C34H33N5O2S. The number of aryl methyl sites for hydroxylation is 3. The van der Waals surface area contributed by atoms with E-state index in [2.05, 4.69) is 57.1 Å². The van der Waals surface area contributed by atoms with E-state index in [9.17, 15) is 0 Å². The van der Waals surface area contributed by atoms with Gasteiger partial charge < -0.3 is 8.83 Å². The molecule has 4 heterocycles. The average molecular weight is 576 g/mol. The van der Waals surface area contributed by atoms with Crippen LogP contribution in [0.1, 0.15) is 52.2 Å². The summed E-state index contributed by atoms with van der Waals surface area (Å²) in [6, 6.07) is 14.0. The quantitative estimate of drug-likeness (QED) is 0.191. The number of hydrogen-bond donors (Lipinski definition) is 0. The minimum Gasteiger partial charge on any atom is -0.441 e. The van der Waals surface area contributed by atoms with Gasteiger partial charge in [-0.25, -0.2) is 15.0 Å². The molecule has 0 radical (unpaired) electrons. The Morgan fingerprint density at radius 3 is 2.48 bits per heavy atom. The molecule has 0 N–H and O–H groups in total. The molecule has 0 bridgehead atoms. The number of aromatic nitrogens is 4. The lowest BCUT2D eigenvalue weighted by Crippen LogP contribution is -2.20. The van der Waals surface area contributed by atoms with E-state index in [0.29, 0.717) is 17.7 Å². The van der Waals surface area contributed by atoms with Gasteiger partial charge in [0.25, 0.3) is 0 Å². The van der Waals surface area contributed by atoms with Crippen LogP contribution in [0.15, 0.2) is 99.5 Å². The number of allylic oxidation sites excluding steroid dienone is 1. The van der Waals surface area contributed by atoms with Gasteiger partial charge in [0, 0.05) is 59.9 Å². The highest BCUT2D eigenvalue weighted by Crippen LogP contribution is 2.35. The highest BCUT2D eigenvalue weighted by molar-refractivity contribution is 7.09. The molecule has 2 atom stereocenters. The number of fused-ring (bicyclic) bond motifs is 2. The van der Waals surface area contributed by atoms with Crippen LogP contribution in [0.3, 0.4) is 0 Å². The fraction of sp³-hybridized carbons (Fsp3) is 0.265. The maximum Gasteiger partial charge on any atom is 0.245 e. The van der Waals surface area contributed by atoms with Crippen molar-refractivity contribution in [1.82, 2.24) is 19.9 Å². The third-order valence-electron chi connectivity index (χ3n) is 7.70. The Hall–Kier alpha value is -4.43. The molecule has 0 saturated carbocycles. The number of nitrogens with zero attached hydrogens (tertiary/aromatic N) is 5. The summed E-state index contributed by atoms with van der Waals surface area (Å²) >= 11 is 1.72. The molecule has 8 heteroatoms. The van der Waals surface area contributed by atoms with Crippen molar-refractivity contribution >= 4 is 17.0 Å². The predicted molar refractivity (Wildman–Crippen MR) is 167 cm³/mol. The van der Waals surface area contributed by atoms with E-state index in [4.69, 9.17) is 8.83 Å². The molecule has 212 valence electrons. The molecule has 5 aromatic rings. The van der Waals surface area contributed by atoms with Gasteiger partial charge in [-0.3, -0.25) is 9.98 Å². The Balaban J connectivity index is 0.000000151. The first kappa shape index (κ1) is 27.7. The fourth-order valence-electron chi connectivity index (χ4n) is 5.58. The SMILES string of the molecule is C=CN=C(C=C)C1CCc2nc(-c3cccc(C)c3)oc2C1.c1ccc(-c2nc3c(o2)CC(c2nccs2)CC3)nc1. The number of aliphatic imine (C=N–C) groups is 1. The monoisotopic (exact) mass is 575 g/mol. The van der Waals surface area contributed by atoms with E-state index in [1.807, 2.05) is 48.0 Å². The van der Waals surface area contributed by atoms with Crippen LogP contribution < -0.4 is 0 Å². The molecule has 0 amide bonds. The van der Waals surface area contributed by atoms with Crippen molar-refractivity contribution < 1.29 is 8.83 Å². The molecule has 2 aliphatic rings. The Morgan fingerprint density at radius 1 is 0.929 bits per heavy atom. The molecule has 0 aliphatic heterocycles. The molecule has 7 rings (SSSR count). The van der Waals surface area contributed by atoms with Crippen LogP contribution in [0, 0.1) is 12.8 Å². The number of thiazole rings is 1. The van der Waals surface area contributed by atoms with Crippen molar-refractivity contribution in [3.63, 3.8) is 0 Å². The van der Waals surface area contributed by atoms with Gasteiger partial charge in [-0.2, -0.15) is 0 Å². The van der Waals surface area contributed by atoms with Crippen molar-refractivity contribution in [2.45, 2.75) is 51.4 Å². The van der Waals surface area contributed by atoms with E-state index >= 15 is 0 Å². The second kappa shape index (κ2) is 12.6.